The zero-order chi connectivity index (χ0) is 22.7. The summed E-state index contributed by atoms with van der Waals surface area (Å²) in [5.41, 5.74) is 2.07. The number of allylic oxidation sites excluding steroid dienone is 1. The van der Waals surface area contributed by atoms with Crippen molar-refractivity contribution >= 4 is 46.2 Å². The van der Waals surface area contributed by atoms with Crippen LogP contribution < -0.4 is 10.1 Å². The molecular weight excluding hydrogens is 535 g/mol. The maximum Gasteiger partial charge on any atom is 0.338 e. The lowest BCUT2D eigenvalue weighted by molar-refractivity contribution is -0.139. The van der Waals surface area contributed by atoms with Crippen molar-refractivity contribution in [3.8, 4) is 11.5 Å². The number of nitrogens with one attached hydrogen (secondary N) is 1. The van der Waals surface area contributed by atoms with Gasteiger partial charge in [-0.25, -0.2) is 9.59 Å². The van der Waals surface area contributed by atoms with Crippen molar-refractivity contribution in [3.05, 3.63) is 67.4 Å². The Hall–Kier alpha value is -2.46. The Morgan fingerprint density at radius 3 is 2.61 bits per heavy atom. The number of rotatable bonds is 6. The number of hydrogen-bond acceptors (Lipinski definition) is 5. The second kappa shape index (κ2) is 9.78. The number of aromatic hydroxyl groups is 1. The second-order valence-electron chi connectivity index (χ2n) is 6.82. The fraction of sp³-hybridized carbons (Fsp3) is 0.273. The molecule has 0 fully saturated rings. The Balaban J connectivity index is 2.14. The fourth-order valence-electron chi connectivity index (χ4n) is 3.42. The second-order valence-corrected chi connectivity index (χ2v) is 8.28. The summed E-state index contributed by atoms with van der Waals surface area (Å²) in [6.45, 7) is 3.89. The topological polar surface area (TPSA) is 88.1 Å². The van der Waals surface area contributed by atoms with Gasteiger partial charge in [-0.15, -0.1) is 0 Å². The van der Waals surface area contributed by atoms with Gasteiger partial charge in [0.15, 0.2) is 11.5 Å². The summed E-state index contributed by atoms with van der Waals surface area (Å²) in [6.07, 6.45) is 0. The van der Waals surface area contributed by atoms with Crippen molar-refractivity contribution in [2.24, 2.45) is 0 Å². The smallest absolute Gasteiger partial charge is 0.338 e. The molecule has 2 aromatic carbocycles. The highest BCUT2D eigenvalue weighted by Gasteiger charge is 2.38. The highest BCUT2D eigenvalue weighted by Crippen LogP contribution is 2.44. The maximum atomic E-state index is 13.0. The molecule has 164 valence electrons. The molecule has 9 heteroatoms. The van der Waals surface area contributed by atoms with Crippen molar-refractivity contribution < 1.29 is 24.2 Å². The zero-order valence-corrected chi connectivity index (χ0v) is 20.2. The van der Waals surface area contributed by atoms with Gasteiger partial charge in [0.2, 0.25) is 0 Å². The number of urea groups is 1. The van der Waals surface area contributed by atoms with Gasteiger partial charge in [-0.2, -0.15) is 0 Å². The Morgan fingerprint density at radius 1 is 1.32 bits per heavy atom. The van der Waals surface area contributed by atoms with Gasteiger partial charge in [0, 0.05) is 11.3 Å². The summed E-state index contributed by atoms with van der Waals surface area (Å²) in [4.78, 5) is 27.5. The molecule has 0 unspecified atom stereocenters. The van der Waals surface area contributed by atoms with Crippen molar-refractivity contribution in [1.82, 2.24) is 10.2 Å². The van der Waals surface area contributed by atoms with E-state index in [9.17, 15) is 14.7 Å². The molecule has 2 amide bonds. The highest BCUT2D eigenvalue weighted by atomic mass is 127. The van der Waals surface area contributed by atoms with Gasteiger partial charge in [0.25, 0.3) is 0 Å². The number of nitrogens with zero attached hydrogens (tertiary/aromatic N) is 1. The molecule has 0 bridgehead atoms. The number of ether oxygens (including phenoxy) is 2. The van der Waals surface area contributed by atoms with Crippen molar-refractivity contribution in [1.29, 1.82) is 0 Å². The van der Waals surface area contributed by atoms with Crippen LogP contribution in [0.25, 0.3) is 0 Å². The SMILES string of the molecule is CCOC(=O)C1=C(C)N(Cc2ccccc2)C(=O)N[C@@H]1c1cc(OC)c(O)c(I)c1Cl. The standard InChI is InChI=1S/C22H22ClIN2O5/c1-4-31-21(28)16-12(2)26(11-13-8-6-5-7-9-13)22(29)25-19(16)14-10-15(30-3)20(27)18(24)17(14)23/h5-10,19,27H,4,11H2,1-3H3,(H,25,29)/t19-/m1/s1. The number of carbonyl (C=O) groups excluding carboxylic acids is 2. The number of carbonyl (C=O) groups is 2. The molecular formula is C22H22ClIN2O5. The minimum atomic E-state index is -0.867. The van der Waals surface area contributed by atoms with Gasteiger partial charge in [0.05, 0.1) is 40.5 Å². The molecule has 1 aliphatic rings. The molecule has 2 N–H and O–H groups in total. The zero-order valence-electron chi connectivity index (χ0n) is 17.2. The Bertz CT molecular complexity index is 1040. The van der Waals surface area contributed by atoms with Crippen LogP contribution in [0.4, 0.5) is 4.79 Å². The molecule has 31 heavy (non-hydrogen) atoms. The van der Waals surface area contributed by atoms with Gasteiger partial charge in [-0.05, 0) is 48.1 Å². The summed E-state index contributed by atoms with van der Waals surface area (Å²) in [7, 11) is 1.41. The van der Waals surface area contributed by atoms with Crippen LogP contribution in [-0.2, 0) is 16.1 Å². The molecule has 2 aromatic rings. The first-order chi connectivity index (χ1) is 14.8. The molecule has 3 rings (SSSR count). The average molecular weight is 557 g/mol. The lowest BCUT2D eigenvalue weighted by atomic mass is 9.94. The minimum Gasteiger partial charge on any atom is -0.503 e. The van der Waals surface area contributed by atoms with E-state index in [4.69, 9.17) is 21.1 Å². The van der Waals surface area contributed by atoms with Crippen molar-refractivity contribution in [3.63, 3.8) is 0 Å². The van der Waals surface area contributed by atoms with Crippen molar-refractivity contribution in [2.75, 3.05) is 13.7 Å². The predicted octanol–water partition coefficient (Wildman–Crippen LogP) is 4.76. The minimum absolute atomic E-state index is 0.108. The first kappa shape index (κ1) is 23.2. The third kappa shape index (κ3) is 4.59. The quantitative estimate of drug-likeness (QED) is 0.396. The van der Waals surface area contributed by atoms with E-state index in [1.54, 1.807) is 13.8 Å². The van der Waals surface area contributed by atoms with E-state index < -0.39 is 12.0 Å². The fourth-order valence-corrected chi connectivity index (χ4v) is 4.25. The summed E-state index contributed by atoms with van der Waals surface area (Å²) in [6, 6.07) is 9.74. The largest absolute Gasteiger partial charge is 0.503 e. The van der Waals surface area contributed by atoms with Gasteiger partial charge in [0.1, 0.15) is 0 Å². The molecule has 0 radical (unpaired) electrons. The van der Waals surface area contributed by atoms with E-state index in [1.807, 2.05) is 52.9 Å². The number of amides is 2. The monoisotopic (exact) mass is 556 g/mol. The van der Waals surface area contributed by atoms with Gasteiger partial charge < -0.3 is 19.9 Å². The van der Waals surface area contributed by atoms with E-state index >= 15 is 0 Å². The van der Waals surface area contributed by atoms with Gasteiger partial charge >= 0.3 is 12.0 Å². The number of phenols is 1. The first-order valence-electron chi connectivity index (χ1n) is 9.54. The number of methoxy groups -OCH3 is 1. The molecule has 0 spiro atoms. The third-order valence-corrected chi connectivity index (χ3v) is 6.76. The lowest BCUT2D eigenvalue weighted by Crippen LogP contribution is -2.47. The number of halogens is 2. The molecule has 0 saturated carbocycles. The van der Waals surface area contributed by atoms with E-state index in [2.05, 4.69) is 5.32 Å². The van der Waals surface area contributed by atoms with Crippen molar-refractivity contribution in [2.45, 2.75) is 26.4 Å². The number of hydrogen-bond donors (Lipinski definition) is 2. The number of benzene rings is 2. The highest BCUT2D eigenvalue weighted by molar-refractivity contribution is 14.1. The van der Waals surface area contributed by atoms with Crippen LogP contribution in [0.1, 0.15) is 31.0 Å². The Kier molecular flexibility index (Phi) is 7.32. The van der Waals surface area contributed by atoms with Gasteiger partial charge in [-0.1, -0.05) is 41.9 Å². The summed E-state index contributed by atoms with van der Waals surface area (Å²) in [5.74, 6) is -0.477. The Labute approximate surface area is 199 Å². The Morgan fingerprint density at radius 2 is 2.00 bits per heavy atom. The van der Waals surface area contributed by atoms with Crippen LogP contribution in [0, 0.1) is 3.57 Å². The number of phenolic OH excluding ortho intramolecular Hbond substituents is 1. The molecule has 0 aromatic heterocycles. The number of esters is 1. The predicted molar refractivity (Wildman–Crippen MR) is 125 cm³/mol. The van der Waals surface area contributed by atoms with Crippen LogP contribution in [0.2, 0.25) is 5.02 Å². The lowest BCUT2D eigenvalue weighted by Gasteiger charge is -2.36. The first-order valence-corrected chi connectivity index (χ1v) is 11.0. The molecule has 1 heterocycles. The summed E-state index contributed by atoms with van der Waals surface area (Å²) in [5, 5.41) is 13.3. The normalized spacial score (nSPS) is 16.2. The van der Waals surface area contributed by atoms with Crippen LogP contribution in [0.15, 0.2) is 47.7 Å². The van der Waals surface area contributed by atoms with E-state index in [0.717, 1.165) is 5.56 Å². The third-order valence-electron chi connectivity index (χ3n) is 4.98. The summed E-state index contributed by atoms with van der Waals surface area (Å²) >= 11 is 8.40. The van der Waals surface area contributed by atoms with Crippen LogP contribution in [0.5, 0.6) is 11.5 Å². The average Bonchev–Trinajstić information content (AvgIpc) is 2.76. The molecule has 0 saturated heterocycles. The maximum absolute atomic E-state index is 13.0. The molecule has 0 aliphatic carbocycles. The molecule has 7 nitrogen and oxygen atoms in total. The van der Waals surface area contributed by atoms with Crippen LogP contribution in [0.3, 0.4) is 0 Å². The van der Waals surface area contributed by atoms with Gasteiger partial charge in [-0.3, -0.25) is 4.90 Å². The van der Waals surface area contributed by atoms with E-state index in [1.165, 1.54) is 18.1 Å². The van der Waals surface area contributed by atoms with E-state index in [0.29, 0.717) is 14.8 Å². The summed E-state index contributed by atoms with van der Waals surface area (Å²) < 4.78 is 10.9. The molecule has 1 aliphatic heterocycles. The van der Waals surface area contributed by atoms with E-state index in [-0.39, 0.29) is 41.3 Å². The van der Waals surface area contributed by atoms with Crippen LogP contribution in [-0.4, -0.2) is 35.7 Å². The molecule has 1 atom stereocenters. The van der Waals surface area contributed by atoms with Crippen LogP contribution >= 0.6 is 34.2 Å².